The predicted molar refractivity (Wildman–Crippen MR) is 60.5 cm³/mol. The van der Waals surface area contributed by atoms with Gasteiger partial charge in [0.05, 0.1) is 0 Å². The van der Waals surface area contributed by atoms with Crippen LogP contribution >= 0.6 is 11.6 Å². The van der Waals surface area contributed by atoms with Crippen LogP contribution in [0.2, 0.25) is 0 Å². The van der Waals surface area contributed by atoms with E-state index >= 15 is 0 Å². The number of para-hydroxylation sites is 1. The third-order valence-electron chi connectivity index (χ3n) is 2.42. The summed E-state index contributed by atoms with van der Waals surface area (Å²) in [4.78, 5) is 0. The van der Waals surface area contributed by atoms with Crippen molar-refractivity contribution >= 4 is 17.3 Å². The first-order valence-corrected chi connectivity index (χ1v) is 5.49. The summed E-state index contributed by atoms with van der Waals surface area (Å²) in [5.74, 6) is 0. The number of rotatable bonds is 2. The van der Waals surface area contributed by atoms with Gasteiger partial charge in [-0.3, -0.25) is 0 Å². The molecule has 1 aliphatic rings. The van der Waals surface area contributed by atoms with Gasteiger partial charge in [0, 0.05) is 24.2 Å². The second-order valence-electron chi connectivity index (χ2n) is 3.66. The van der Waals surface area contributed by atoms with Gasteiger partial charge in [-0.2, -0.15) is 0 Å². The molecule has 1 unspecified atom stereocenters. The average Bonchev–Trinajstić information content (AvgIpc) is 2.19. The van der Waals surface area contributed by atoms with E-state index in [4.69, 9.17) is 11.6 Å². The molecule has 0 radical (unpaired) electrons. The largest absolute Gasteiger partial charge is 0.319 e. The van der Waals surface area contributed by atoms with Gasteiger partial charge in [0.1, 0.15) is 0 Å². The minimum atomic E-state index is 0.292. The van der Waals surface area contributed by atoms with Crippen LogP contribution in [0.3, 0.4) is 0 Å². The maximum absolute atomic E-state index is 6.10. The molecule has 1 atom stereocenters. The third kappa shape index (κ3) is 2.63. The Hall–Kier alpha value is -0.730. The molecule has 1 aliphatic heterocycles. The molecule has 76 valence electrons. The van der Waals surface area contributed by atoms with Crippen molar-refractivity contribution in [3.63, 3.8) is 0 Å². The summed E-state index contributed by atoms with van der Waals surface area (Å²) >= 11 is 6.10. The van der Waals surface area contributed by atoms with E-state index in [1.54, 1.807) is 0 Å². The van der Waals surface area contributed by atoms with Crippen LogP contribution in [0.15, 0.2) is 30.3 Å². The fourth-order valence-electron chi connectivity index (χ4n) is 1.72. The molecule has 0 bridgehead atoms. The molecule has 14 heavy (non-hydrogen) atoms. The number of piperidine rings is 1. The Morgan fingerprint density at radius 1 is 1.29 bits per heavy atom. The molecule has 0 aromatic heterocycles. The predicted octanol–water partition coefficient (Wildman–Crippen LogP) is 2.72. The lowest BCUT2D eigenvalue weighted by atomic mass is 10.1. The van der Waals surface area contributed by atoms with Gasteiger partial charge in [-0.15, -0.1) is 11.6 Å². The third-order valence-corrected chi connectivity index (χ3v) is 2.78. The fraction of sp³-hybridized carbons (Fsp3) is 0.455. The number of hydrazine groups is 1. The van der Waals surface area contributed by atoms with Crippen LogP contribution in [0.5, 0.6) is 0 Å². The van der Waals surface area contributed by atoms with E-state index in [2.05, 4.69) is 22.6 Å². The van der Waals surface area contributed by atoms with Gasteiger partial charge in [-0.05, 0) is 25.0 Å². The number of halogens is 1. The normalized spacial score (nSPS) is 23.4. The maximum atomic E-state index is 6.10. The van der Waals surface area contributed by atoms with Crippen molar-refractivity contribution in [2.45, 2.75) is 18.2 Å². The molecule has 3 heteroatoms. The van der Waals surface area contributed by atoms with Crippen molar-refractivity contribution in [3.8, 4) is 0 Å². The van der Waals surface area contributed by atoms with Gasteiger partial charge in [0.15, 0.2) is 0 Å². The molecule has 0 amide bonds. The topological polar surface area (TPSA) is 15.3 Å². The highest BCUT2D eigenvalue weighted by Crippen LogP contribution is 2.16. The first kappa shape index (κ1) is 9.81. The highest BCUT2D eigenvalue weighted by molar-refractivity contribution is 6.20. The fourth-order valence-corrected chi connectivity index (χ4v) is 2.04. The zero-order valence-electron chi connectivity index (χ0n) is 8.12. The Morgan fingerprint density at radius 3 is 2.79 bits per heavy atom. The molecule has 2 nitrogen and oxygen atoms in total. The highest BCUT2D eigenvalue weighted by Gasteiger charge is 2.17. The summed E-state index contributed by atoms with van der Waals surface area (Å²) in [6.07, 6.45) is 2.31. The molecular weight excluding hydrogens is 196 g/mol. The highest BCUT2D eigenvalue weighted by atomic mass is 35.5. The molecule has 1 aromatic carbocycles. The van der Waals surface area contributed by atoms with Crippen LogP contribution in [0.25, 0.3) is 0 Å². The SMILES string of the molecule is ClC1CCCN(Nc2ccccc2)C1. The summed E-state index contributed by atoms with van der Waals surface area (Å²) in [6.45, 7) is 2.01. The number of benzene rings is 1. The Labute approximate surface area is 89.8 Å². The van der Waals surface area contributed by atoms with Crippen molar-refractivity contribution in [2.24, 2.45) is 0 Å². The summed E-state index contributed by atoms with van der Waals surface area (Å²) in [7, 11) is 0. The average molecular weight is 211 g/mol. The Morgan fingerprint density at radius 2 is 2.07 bits per heavy atom. The van der Waals surface area contributed by atoms with Gasteiger partial charge >= 0.3 is 0 Å². The van der Waals surface area contributed by atoms with Gasteiger partial charge < -0.3 is 5.43 Å². The van der Waals surface area contributed by atoms with E-state index in [0.29, 0.717) is 5.38 Å². The zero-order chi connectivity index (χ0) is 9.80. The summed E-state index contributed by atoms with van der Waals surface area (Å²) < 4.78 is 0. The van der Waals surface area contributed by atoms with Gasteiger partial charge in [-0.1, -0.05) is 18.2 Å². The first-order chi connectivity index (χ1) is 6.84. The van der Waals surface area contributed by atoms with Crippen LogP contribution in [0.4, 0.5) is 5.69 Å². The maximum Gasteiger partial charge on any atom is 0.0490 e. The molecule has 1 aromatic rings. The standard InChI is InChI=1S/C11H15ClN2/c12-10-5-4-8-14(9-10)13-11-6-2-1-3-7-11/h1-3,6-7,10,13H,4-5,8-9H2. The second-order valence-corrected chi connectivity index (χ2v) is 4.28. The van der Waals surface area contributed by atoms with Crippen molar-refractivity contribution in [3.05, 3.63) is 30.3 Å². The number of anilines is 1. The summed E-state index contributed by atoms with van der Waals surface area (Å²) in [6, 6.07) is 10.2. The van der Waals surface area contributed by atoms with Crippen LogP contribution in [-0.2, 0) is 0 Å². The Balaban J connectivity index is 1.91. The molecule has 0 aliphatic carbocycles. The van der Waals surface area contributed by atoms with Gasteiger partial charge in [-0.25, -0.2) is 5.01 Å². The molecule has 0 spiro atoms. The quantitative estimate of drug-likeness (QED) is 0.756. The number of hydrogen-bond acceptors (Lipinski definition) is 2. The van der Waals surface area contributed by atoms with E-state index in [1.807, 2.05) is 18.2 Å². The Kier molecular flexibility index (Phi) is 3.27. The minimum Gasteiger partial charge on any atom is -0.319 e. The molecular formula is C11H15ClN2. The number of hydrogen-bond donors (Lipinski definition) is 1. The number of nitrogens with zero attached hydrogens (tertiary/aromatic N) is 1. The minimum absolute atomic E-state index is 0.292. The first-order valence-electron chi connectivity index (χ1n) is 5.05. The molecule has 1 fully saturated rings. The molecule has 1 saturated heterocycles. The van der Waals surface area contributed by atoms with E-state index in [0.717, 1.165) is 25.2 Å². The van der Waals surface area contributed by atoms with E-state index < -0.39 is 0 Å². The van der Waals surface area contributed by atoms with Crippen molar-refractivity contribution < 1.29 is 0 Å². The van der Waals surface area contributed by atoms with Crippen molar-refractivity contribution in [1.82, 2.24) is 5.01 Å². The van der Waals surface area contributed by atoms with Crippen molar-refractivity contribution in [1.29, 1.82) is 0 Å². The van der Waals surface area contributed by atoms with E-state index in [-0.39, 0.29) is 0 Å². The molecule has 2 rings (SSSR count). The lowest BCUT2D eigenvalue weighted by Gasteiger charge is -2.30. The second kappa shape index (κ2) is 4.67. The Bertz CT molecular complexity index is 276. The summed E-state index contributed by atoms with van der Waals surface area (Å²) in [5.41, 5.74) is 4.50. The lowest BCUT2D eigenvalue weighted by Crippen LogP contribution is -2.39. The van der Waals surface area contributed by atoms with Gasteiger partial charge in [0.25, 0.3) is 0 Å². The summed E-state index contributed by atoms with van der Waals surface area (Å²) in [5, 5.41) is 2.48. The zero-order valence-corrected chi connectivity index (χ0v) is 8.87. The molecule has 1 heterocycles. The van der Waals surface area contributed by atoms with Crippen LogP contribution in [-0.4, -0.2) is 23.5 Å². The smallest absolute Gasteiger partial charge is 0.0490 e. The van der Waals surface area contributed by atoms with Crippen molar-refractivity contribution in [2.75, 3.05) is 18.5 Å². The lowest BCUT2D eigenvalue weighted by molar-refractivity contribution is 0.277. The van der Waals surface area contributed by atoms with Crippen LogP contribution < -0.4 is 5.43 Å². The molecule has 0 saturated carbocycles. The monoisotopic (exact) mass is 210 g/mol. The van der Waals surface area contributed by atoms with Crippen LogP contribution in [0, 0.1) is 0 Å². The van der Waals surface area contributed by atoms with Crippen LogP contribution in [0.1, 0.15) is 12.8 Å². The number of nitrogens with one attached hydrogen (secondary N) is 1. The number of alkyl halides is 1. The van der Waals surface area contributed by atoms with E-state index in [9.17, 15) is 0 Å². The molecule has 1 N–H and O–H groups in total. The van der Waals surface area contributed by atoms with E-state index in [1.165, 1.54) is 6.42 Å². The van der Waals surface area contributed by atoms with Gasteiger partial charge in [0.2, 0.25) is 0 Å².